The van der Waals surface area contributed by atoms with Gasteiger partial charge in [0.05, 0.1) is 25.4 Å². The first-order chi connectivity index (χ1) is 10.8. The Labute approximate surface area is 133 Å². The second kappa shape index (κ2) is 5.85. The van der Waals surface area contributed by atoms with E-state index in [0.717, 1.165) is 30.2 Å². The van der Waals surface area contributed by atoms with E-state index >= 15 is 0 Å². The molecule has 22 heavy (non-hydrogen) atoms. The molecular weight excluding hydrogens is 298 g/mol. The number of likely N-dealkylation sites (tertiary alicyclic amines) is 1. The third-order valence-electron chi connectivity index (χ3n) is 4.81. The third kappa shape index (κ3) is 2.57. The quantitative estimate of drug-likeness (QED) is 0.920. The molecule has 2 aliphatic rings. The van der Waals surface area contributed by atoms with Crippen LogP contribution in [0.5, 0.6) is 0 Å². The van der Waals surface area contributed by atoms with E-state index in [4.69, 9.17) is 4.42 Å². The molecule has 0 aromatic carbocycles. The van der Waals surface area contributed by atoms with E-state index in [0.29, 0.717) is 18.5 Å². The fraction of sp³-hybridized carbons (Fsp3) is 0.500. The zero-order chi connectivity index (χ0) is 14.9. The molecule has 2 unspecified atom stereocenters. The van der Waals surface area contributed by atoms with Crippen LogP contribution in [0.4, 0.5) is 0 Å². The number of nitrogens with zero attached hydrogens (tertiary/aromatic N) is 2. The predicted molar refractivity (Wildman–Crippen MR) is 83.1 cm³/mol. The number of hydrogen-bond donors (Lipinski definition) is 1. The molecule has 3 atom stereocenters. The number of fused-ring (bicyclic) bond motifs is 2. The van der Waals surface area contributed by atoms with Gasteiger partial charge in [0.2, 0.25) is 5.91 Å². The van der Waals surface area contributed by atoms with E-state index in [-0.39, 0.29) is 11.9 Å². The Balaban J connectivity index is 1.44. The highest BCUT2D eigenvalue weighted by molar-refractivity contribution is 7.09. The van der Waals surface area contributed by atoms with Gasteiger partial charge in [0.15, 0.2) is 0 Å². The predicted octanol–water partition coefficient (Wildman–Crippen LogP) is 2.41. The summed E-state index contributed by atoms with van der Waals surface area (Å²) in [6, 6.07) is 4.24. The van der Waals surface area contributed by atoms with Gasteiger partial charge in [-0.05, 0) is 37.3 Å². The summed E-state index contributed by atoms with van der Waals surface area (Å²) in [4.78, 5) is 19.4. The van der Waals surface area contributed by atoms with Crippen LogP contribution in [-0.2, 0) is 17.9 Å². The minimum atomic E-state index is -0.0161. The van der Waals surface area contributed by atoms with E-state index in [2.05, 4.69) is 15.2 Å². The monoisotopic (exact) mass is 317 g/mol. The number of piperidine rings is 1. The molecule has 3 heterocycles. The number of hydrogen-bond acceptors (Lipinski definition) is 5. The Morgan fingerprint density at radius 3 is 3.23 bits per heavy atom. The maximum Gasteiger partial charge on any atom is 0.238 e. The first-order valence-corrected chi connectivity index (χ1v) is 8.63. The van der Waals surface area contributed by atoms with Gasteiger partial charge in [0, 0.05) is 17.6 Å². The second-order valence-corrected chi connectivity index (χ2v) is 7.05. The minimum Gasteiger partial charge on any atom is -0.467 e. The standard InChI is InChI=1S/C16H19N3O2S/c20-16(18-9-13-2-1-6-21-13)15-11-3-4-12(8-11)19(15)10-14-17-5-7-22-14/h1-2,5-7,11-12,15H,3-4,8-10H2,(H,18,20)/t11?,12?,15-/m0/s1. The number of furan rings is 1. The number of amides is 1. The summed E-state index contributed by atoms with van der Waals surface area (Å²) in [5.41, 5.74) is 0. The topological polar surface area (TPSA) is 58.4 Å². The van der Waals surface area contributed by atoms with Crippen LogP contribution in [0.15, 0.2) is 34.4 Å². The Hall–Kier alpha value is -1.66. The Morgan fingerprint density at radius 2 is 2.45 bits per heavy atom. The van der Waals surface area contributed by atoms with Crippen molar-refractivity contribution in [3.63, 3.8) is 0 Å². The average Bonchev–Trinajstić information content (AvgIpc) is 3.29. The molecule has 1 amide bonds. The molecule has 2 aromatic heterocycles. The van der Waals surface area contributed by atoms with Gasteiger partial charge in [-0.15, -0.1) is 11.3 Å². The fourth-order valence-electron chi connectivity index (χ4n) is 3.85. The van der Waals surface area contributed by atoms with Crippen molar-refractivity contribution in [1.82, 2.24) is 15.2 Å². The van der Waals surface area contributed by atoms with Crippen molar-refractivity contribution in [3.8, 4) is 0 Å². The molecule has 5 nitrogen and oxygen atoms in total. The first kappa shape index (κ1) is 14.0. The molecule has 4 rings (SSSR count). The van der Waals surface area contributed by atoms with Crippen molar-refractivity contribution in [2.75, 3.05) is 0 Å². The number of thiazole rings is 1. The van der Waals surface area contributed by atoms with Crippen LogP contribution in [0.2, 0.25) is 0 Å². The lowest BCUT2D eigenvalue weighted by Crippen LogP contribution is -2.49. The molecular formula is C16H19N3O2S. The van der Waals surface area contributed by atoms with Crippen LogP contribution in [0.25, 0.3) is 0 Å². The van der Waals surface area contributed by atoms with Crippen molar-refractivity contribution in [2.24, 2.45) is 5.92 Å². The van der Waals surface area contributed by atoms with Crippen LogP contribution in [-0.4, -0.2) is 27.9 Å². The Bertz CT molecular complexity index is 626. The van der Waals surface area contributed by atoms with Gasteiger partial charge in [0.25, 0.3) is 0 Å². The Morgan fingerprint density at radius 1 is 1.50 bits per heavy atom. The average molecular weight is 317 g/mol. The number of carbonyl (C=O) groups excluding carboxylic acids is 1. The number of nitrogens with one attached hydrogen (secondary N) is 1. The lowest BCUT2D eigenvalue weighted by molar-refractivity contribution is -0.128. The zero-order valence-electron chi connectivity index (χ0n) is 12.3. The smallest absolute Gasteiger partial charge is 0.238 e. The zero-order valence-corrected chi connectivity index (χ0v) is 13.1. The maximum absolute atomic E-state index is 12.7. The number of carbonyl (C=O) groups is 1. The maximum atomic E-state index is 12.7. The van der Waals surface area contributed by atoms with Gasteiger partial charge >= 0.3 is 0 Å². The van der Waals surface area contributed by atoms with E-state index < -0.39 is 0 Å². The number of aromatic nitrogens is 1. The van der Waals surface area contributed by atoms with Crippen molar-refractivity contribution >= 4 is 17.2 Å². The highest BCUT2D eigenvalue weighted by Gasteiger charge is 2.49. The molecule has 1 aliphatic carbocycles. The molecule has 1 N–H and O–H groups in total. The van der Waals surface area contributed by atoms with Crippen LogP contribution >= 0.6 is 11.3 Å². The lowest BCUT2D eigenvalue weighted by Gasteiger charge is -2.33. The molecule has 6 heteroatoms. The van der Waals surface area contributed by atoms with Crippen molar-refractivity contribution in [3.05, 3.63) is 40.7 Å². The van der Waals surface area contributed by atoms with Crippen molar-refractivity contribution in [1.29, 1.82) is 0 Å². The van der Waals surface area contributed by atoms with Crippen molar-refractivity contribution < 1.29 is 9.21 Å². The summed E-state index contributed by atoms with van der Waals surface area (Å²) >= 11 is 1.66. The highest BCUT2D eigenvalue weighted by Crippen LogP contribution is 2.43. The van der Waals surface area contributed by atoms with Gasteiger partial charge in [-0.1, -0.05) is 0 Å². The summed E-state index contributed by atoms with van der Waals surface area (Å²) in [7, 11) is 0. The van der Waals surface area contributed by atoms with Gasteiger partial charge in [-0.25, -0.2) is 4.98 Å². The molecule has 2 bridgehead atoms. The van der Waals surface area contributed by atoms with E-state index in [1.54, 1.807) is 17.6 Å². The van der Waals surface area contributed by atoms with Gasteiger partial charge in [0.1, 0.15) is 10.8 Å². The van der Waals surface area contributed by atoms with Crippen LogP contribution in [0.3, 0.4) is 0 Å². The van der Waals surface area contributed by atoms with Crippen LogP contribution in [0.1, 0.15) is 30.0 Å². The molecule has 0 spiro atoms. The van der Waals surface area contributed by atoms with E-state index in [1.165, 1.54) is 6.42 Å². The second-order valence-electron chi connectivity index (χ2n) is 6.07. The van der Waals surface area contributed by atoms with E-state index in [1.807, 2.05) is 23.7 Å². The third-order valence-corrected chi connectivity index (χ3v) is 5.57. The molecule has 1 saturated carbocycles. The normalized spacial score (nSPS) is 27.4. The first-order valence-electron chi connectivity index (χ1n) is 7.75. The summed E-state index contributed by atoms with van der Waals surface area (Å²) in [5.74, 6) is 1.41. The minimum absolute atomic E-state index is 0.0161. The van der Waals surface area contributed by atoms with Crippen LogP contribution in [0, 0.1) is 5.92 Å². The van der Waals surface area contributed by atoms with Crippen LogP contribution < -0.4 is 5.32 Å². The summed E-state index contributed by atoms with van der Waals surface area (Å²) < 4.78 is 5.28. The molecule has 0 radical (unpaired) electrons. The molecule has 2 aromatic rings. The van der Waals surface area contributed by atoms with Gasteiger partial charge in [-0.2, -0.15) is 0 Å². The van der Waals surface area contributed by atoms with Crippen molar-refractivity contribution in [2.45, 2.75) is 44.4 Å². The highest BCUT2D eigenvalue weighted by atomic mass is 32.1. The summed E-state index contributed by atoms with van der Waals surface area (Å²) in [5, 5.41) is 6.12. The molecule has 1 aliphatic heterocycles. The lowest BCUT2D eigenvalue weighted by atomic mass is 9.98. The summed E-state index contributed by atoms with van der Waals surface area (Å²) in [6.07, 6.45) is 6.98. The largest absolute Gasteiger partial charge is 0.467 e. The SMILES string of the molecule is O=C(NCc1ccco1)[C@@H]1C2CCC(C2)N1Cc1nccs1. The Kier molecular flexibility index (Phi) is 3.72. The molecule has 2 fully saturated rings. The number of rotatable bonds is 5. The fourth-order valence-corrected chi connectivity index (χ4v) is 4.47. The molecule has 1 saturated heterocycles. The molecule has 116 valence electrons. The van der Waals surface area contributed by atoms with Gasteiger partial charge < -0.3 is 9.73 Å². The van der Waals surface area contributed by atoms with E-state index in [9.17, 15) is 4.79 Å². The van der Waals surface area contributed by atoms with Gasteiger partial charge in [-0.3, -0.25) is 9.69 Å². The summed E-state index contributed by atoms with van der Waals surface area (Å²) in [6.45, 7) is 1.25.